The van der Waals surface area contributed by atoms with Gasteiger partial charge in [0.25, 0.3) is 0 Å². The van der Waals surface area contributed by atoms with Crippen molar-refractivity contribution in [3.05, 3.63) is 136 Å². The molecular formula is C33H29N3O6. The minimum atomic E-state index is -1.03. The number of aromatic nitrogens is 1. The molecule has 0 saturated heterocycles. The van der Waals surface area contributed by atoms with E-state index in [-0.39, 0.29) is 24.0 Å². The molecule has 1 saturated carbocycles. The zero-order chi connectivity index (χ0) is 29.1. The molecule has 5 aromatic rings. The number of hydrogen-bond acceptors (Lipinski definition) is 8. The summed E-state index contributed by atoms with van der Waals surface area (Å²) in [5.41, 5.74) is 2.20. The lowest BCUT2D eigenvalue weighted by atomic mass is 9.76. The fourth-order valence-corrected chi connectivity index (χ4v) is 5.29. The van der Waals surface area contributed by atoms with Crippen LogP contribution < -0.4 is 10.1 Å². The first-order chi connectivity index (χ1) is 20.5. The molecule has 9 heteroatoms. The molecule has 1 atom stereocenters. The second-order valence-electron chi connectivity index (χ2n) is 10.3. The molecule has 1 fully saturated rings. The van der Waals surface area contributed by atoms with Gasteiger partial charge in [-0.05, 0) is 29.5 Å². The molecule has 212 valence electrons. The van der Waals surface area contributed by atoms with Crippen LogP contribution in [0.3, 0.4) is 0 Å². The predicted octanol–water partition coefficient (Wildman–Crippen LogP) is 6.12. The molecule has 0 radical (unpaired) electrons. The predicted molar refractivity (Wildman–Crippen MR) is 156 cm³/mol. The summed E-state index contributed by atoms with van der Waals surface area (Å²) in [5.74, 6) is 0.216. The second-order valence-corrected chi connectivity index (χ2v) is 10.3. The van der Waals surface area contributed by atoms with Crippen LogP contribution in [0.5, 0.6) is 5.75 Å². The number of carbonyl (C=O) groups is 1. The quantitative estimate of drug-likeness (QED) is 0.0885. The van der Waals surface area contributed by atoms with Crippen LogP contribution in [-0.4, -0.2) is 35.6 Å². The number of methoxy groups -OCH3 is 1. The Kier molecular flexibility index (Phi) is 7.41. The normalized spacial score (nSPS) is 13.9. The lowest BCUT2D eigenvalue weighted by molar-refractivity contribution is -0.385. The van der Waals surface area contributed by atoms with Crippen molar-refractivity contribution in [2.75, 3.05) is 13.7 Å². The fourth-order valence-electron chi connectivity index (χ4n) is 5.29. The summed E-state index contributed by atoms with van der Waals surface area (Å²) in [6.45, 7) is -0.253. The highest BCUT2D eigenvalue weighted by atomic mass is 16.6. The molecule has 1 N–H and O–H groups in total. The lowest BCUT2D eigenvalue weighted by Crippen LogP contribution is -2.55. The molecular weight excluding hydrogens is 534 g/mol. The summed E-state index contributed by atoms with van der Waals surface area (Å²) in [6, 6.07) is 31.1. The maximum atomic E-state index is 13.3. The number of nitrogens with one attached hydrogen (secondary N) is 1. The van der Waals surface area contributed by atoms with Crippen LogP contribution in [0.2, 0.25) is 0 Å². The first-order valence-corrected chi connectivity index (χ1v) is 13.7. The molecule has 9 nitrogen and oxygen atoms in total. The van der Waals surface area contributed by atoms with E-state index in [9.17, 15) is 14.9 Å². The van der Waals surface area contributed by atoms with Gasteiger partial charge < -0.3 is 13.9 Å². The van der Waals surface area contributed by atoms with E-state index in [2.05, 4.69) is 10.3 Å². The molecule has 1 aliphatic rings. The molecule has 4 aromatic carbocycles. The molecule has 1 heterocycles. The molecule has 0 aliphatic heterocycles. The van der Waals surface area contributed by atoms with Crippen molar-refractivity contribution >= 4 is 22.8 Å². The van der Waals surface area contributed by atoms with Crippen LogP contribution in [0, 0.1) is 10.1 Å². The third-order valence-electron chi connectivity index (χ3n) is 7.51. The van der Waals surface area contributed by atoms with Crippen LogP contribution in [0.15, 0.2) is 108 Å². The number of fused-ring (bicyclic) bond motifs is 1. The van der Waals surface area contributed by atoms with E-state index >= 15 is 0 Å². The van der Waals surface area contributed by atoms with Crippen molar-refractivity contribution in [1.29, 1.82) is 0 Å². The van der Waals surface area contributed by atoms with Crippen molar-refractivity contribution in [2.24, 2.45) is 0 Å². The van der Waals surface area contributed by atoms with Crippen LogP contribution >= 0.6 is 0 Å². The Hall–Kier alpha value is -5.02. The lowest BCUT2D eigenvalue weighted by Gasteiger charge is -2.39. The summed E-state index contributed by atoms with van der Waals surface area (Å²) in [7, 11) is 1.30. The van der Waals surface area contributed by atoms with Gasteiger partial charge in [0, 0.05) is 18.1 Å². The Balaban J connectivity index is 1.41. The maximum absolute atomic E-state index is 13.3. The number of ether oxygens (including phenoxy) is 2. The highest BCUT2D eigenvalue weighted by Crippen LogP contribution is 2.42. The van der Waals surface area contributed by atoms with Gasteiger partial charge in [-0.2, -0.15) is 0 Å². The van der Waals surface area contributed by atoms with Gasteiger partial charge in [0.2, 0.25) is 5.75 Å². The number of esters is 1. The minimum absolute atomic E-state index is 0.0218. The van der Waals surface area contributed by atoms with Gasteiger partial charge in [-0.1, -0.05) is 91.0 Å². The molecule has 42 heavy (non-hydrogen) atoms. The van der Waals surface area contributed by atoms with E-state index in [1.54, 1.807) is 0 Å². The highest BCUT2D eigenvalue weighted by molar-refractivity contribution is 5.80. The van der Waals surface area contributed by atoms with Gasteiger partial charge in [-0.15, -0.1) is 0 Å². The SMILES string of the molecule is COC(=O)[C@H](COc1cc2oc(C3CC3)nc2cc1[N+](=O)[O-])NC(c1ccccc1)(c1ccccc1)c1ccccc1. The Bertz CT molecular complexity index is 1610. The number of oxazole rings is 1. The number of nitro groups is 1. The van der Waals surface area contributed by atoms with Crippen molar-refractivity contribution in [1.82, 2.24) is 10.3 Å². The van der Waals surface area contributed by atoms with E-state index < -0.39 is 22.5 Å². The molecule has 6 rings (SSSR count). The average Bonchev–Trinajstić information content (AvgIpc) is 3.81. The van der Waals surface area contributed by atoms with Crippen molar-refractivity contribution < 1.29 is 23.6 Å². The Morgan fingerprint density at radius 3 is 2.00 bits per heavy atom. The maximum Gasteiger partial charge on any atom is 0.326 e. The second kappa shape index (κ2) is 11.5. The van der Waals surface area contributed by atoms with Gasteiger partial charge in [0.15, 0.2) is 11.5 Å². The van der Waals surface area contributed by atoms with Gasteiger partial charge in [0.1, 0.15) is 18.2 Å². The van der Waals surface area contributed by atoms with Crippen LogP contribution in [-0.2, 0) is 15.1 Å². The number of nitro benzene ring substituents is 1. The van der Waals surface area contributed by atoms with Crippen LogP contribution in [0.4, 0.5) is 5.69 Å². The minimum Gasteiger partial charge on any atom is -0.484 e. The van der Waals surface area contributed by atoms with Gasteiger partial charge in [-0.25, -0.2) is 4.98 Å². The number of benzene rings is 4. The topological polar surface area (TPSA) is 117 Å². The van der Waals surface area contributed by atoms with E-state index in [1.807, 2.05) is 91.0 Å². The Labute approximate surface area is 242 Å². The van der Waals surface area contributed by atoms with E-state index in [1.165, 1.54) is 19.2 Å². The average molecular weight is 564 g/mol. The van der Waals surface area contributed by atoms with E-state index in [0.717, 1.165) is 29.5 Å². The third kappa shape index (κ3) is 5.22. The monoisotopic (exact) mass is 563 g/mol. The van der Waals surface area contributed by atoms with E-state index in [0.29, 0.717) is 17.0 Å². The summed E-state index contributed by atoms with van der Waals surface area (Å²) < 4.78 is 17.1. The number of hydrogen-bond donors (Lipinski definition) is 1. The third-order valence-corrected chi connectivity index (χ3v) is 7.51. The van der Waals surface area contributed by atoms with Crippen molar-refractivity contribution in [3.8, 4) is 5.75 Å². The first-order valence-electron chi connectivity index (χ1n) is 13.7. The van der Waals surface area contributed by atoms with Gasteiger partial charge >= 0.3 is 11.7 Å². The first kappa shape index (κ1) is 27.2. The molecule has 1 aromatic heterocycles. The standard InChI is InChI=1S/C33H29N3O6/c1-40-32(37)27(21-41-30-20-29-26(19-28(30)36(38)39)34-31(42-29)22-17-18-22)35-33(23-11-5-2-6-12-23,24-13-7-3-8-14-24)25-15-9-4-10-16-25/h2-16,19-20,22,27,35H,17-18,21H2,1H3/t27-/m0/s1. The summed E-state index contributed by atoms with van der Waals surface area (Å²) >= 11 is 0. The number of carbonyl (C=O) groups excluding carboxylic acids is 1. The zero-order valence-corrected chi connectivity index (χ0v) is 22.9. The zero-order valence-electron chi connectivity index (χ0n) is 22.9. The fraction of sp³-hybridized carbons (Fsp3) is 0.212. The smallest absolute Gasteiger partial charge is 0.326 e. The molecule has 0 unspecified atom stereocenters. The molecule has 0 spiro atoms. The van der Waals surface area contributed by atoms with Crippen molar-refractivity contribution in [2.45, 2.75) is 30.3 Å². The van der Waals surface area contributed by atoms with Crippen LogP contribution in [0.1, 0.15) is 41.3 Å². The Morgan fingerprint density at radius 1 is 0.976 bits per heavy atom. The van der Waals surface area contributed by atoms with Crippen molar-refractivity contribution in [3.63, 3.8) is 0 Å². The number of nitrogens with zero attached hydrogens (tertiary/aromatic N) is 2. The van der Waals surface area contributed by atoms with Gasteiger partial charge in [0.05, 0.1) is 17.6 Å². The van der Waals surface area contributed by atoms with E-state index in [4.69, 9.17) is 13.9 Å². The largest absolute Gasteiger partial charge is 0.484 e. The summed E-state index contributed by atoms with van der Waals surface area (Å²) in [6.07, 6.45) is 1.97. The van der Waals surface area contributed by atoms with Crippen LogP contribution in [0.25, 0.3) is 11.1 Å². The summed E-state index contributed by atoms with van der Waals surface area (Å²) in [5, 5.41) is 15.5. The number of rotatable bonds is 11. The van der Waals surface area contributed by atoms with Gasteiger partial charge in [-0.3, -0.25) is 20.2 Å². The molecule has 1 aliphatic carbocycles. The molecule has 0 amide bonds. The highest BCUT2D eigenvalue weighted by Gasteiger charge is 2.40. The molecule has 0 bridgehead atoms. The summed E-state index contributed by atoms with van der Waals surface area (Å²) in [4.78, 5) is 29.2. The Morgan fingerprint density at radius 2 is 1.52 bits per heavy atom.